The van der Waals surface area contributed by atoms with Crippen molar-refractivity contribution in [2.24, 2.45) is 0 Å². The van der Waals surface area contributed by atoms with Crippen LogP contribution in [-0.2, 0) is 0 Å². The van der Waals surface area contributed by atoms with Crippen molar-refractivity contribution < 1.29 is 14.8 Å². The molecule has 0 spiro atoms. The molecule has 0 saturated heterocycles. The second-order valence-electron chi connectivity index (χ2n) is 4.66. The van der Waals surface area contributed by atoms with Gasteiger partial charge in [-0.25, -0.2) is 0 Å². The van der Waals surface area contributed by atoms with E-state index >= 15 is 0 Å². The number of nitro groups is 1. The average Bonchev–Trinajstić information content (AvgIpc) is 2.28. The van der Waals surface area contributed by atoms with Gasteiger partial charge in [0.2, 0.25) is 0 Å². The number of amides is 1. The zero-order valence-corrected chi connectivity index (χ0v) is 10.5. The number of hydrogen-bond acceptors (Lipinski definition) is 4. The van der Waals surface area contributed by atoms with Crippen LogP contribution in [0, 0.1) is 10.1 Å². The molecule has 98 valence electrons. The zero-order chi connectivity index (χ0) is 13.9. The predicted molar refractivity (Wildman–Crippen MR) is 66.3 cm³/mol. The molecule has 6 heteroatoms. The third-order valence-corrected chi connectivity index (χ3v) is 2.80. The average molecular weight is 252 g/mol. The fraction of sp³-hybridized carbons (Fsp3) is 0.417. The van der Waals surface area contributed by atoms with Gasteiger partial charge >= 0.3 is 0 Å². The summed E-state index contributed by atoms with van der Waals surface area (Å²) >= 11 is 0. The summed E-state index contributed by atoms with van der Waals surface area (Å²) in [4.78, 5) is 21.9. The number of rotatable bonds is 4. The fourth-order valence-electron chi connectivity index (χ4n) is 1.23. The molecule has 0 aliphatic heterocycles. The number of aliphatic hydroxyl groups is 1. The summed E-state index contributed by atoms with van der Waals surface area (Å²) < 4.78 is 0. The van der Waals surface area contributed by atoms with E-state index in [1.807, 2.05) is 0 Å². The SMILES string of the molecule is CC(O)C(C)(C)NC(=O)c1cccc([N+](=O)[O-])c1. The molecule has 1 rings (SSSR count). The van der Waals surface area contributed by atoms with Gasteiger partial charge in [0.25, 0.3) is 11.6 Å². The first-order valence-corrected chi connectivity index (χ1v) is 5.49. The summed E-state index contributed by atoms with van der Waals surface area (Å²) in [7, 11) is 0. The molecule has 2 N–H and O–H groups in total. The Bertz CT molecular complexity index is 469. The van der Waals surface area contributed by atoms with E-state index in [4.69, 9.17) is 0 Å². The van der Waals surface area contributed by atoms with Gasteiger partial charge in [0.15, 0.2) is 0 Å². The number of carbonyl (C=O) groups is 1. The lowest BCUT2D eigenvalue weighted by Gasteiger charge is -2.29. The zero-order valence-electron chi connectivity index (χ0n) is 10.5. The molecule has 1 aromatic rings. The van der Waals surface area contributed by atoms with E-state index in [9.17, 15) is 20.0 Å². The van der Waals surface area contributed by atoms with Crippen LogP contribution >= 0.6 is 0 Å². The summed E-state index contributed by atoms with van der Waals surface area (Å²) in [6.07, 6.45) is -0.736. The highest BCUT2D eigenvalue weighted by atomic mass is 16.6. The van der Waals surface area contributed by atoms with Gasteiger partial charge in [-0.2, -0.15) is 0 Å². The molecule has 0 radical (unpaired) electrons. The highest BCUT2D eigenvalue weighted by Gasteiger charge is 2.26. The Morgan fingerprint density at radius 3 is 2.61 bits per heavy atom. The molecular weight excluding hydrogens is 236 g/mol. The lowest BCUT2D eigenvalue weighted by Crippen LogP contribution is -2.50. The number of aliphatic hydroxyl groups excluding tert-OH is 1. The molecule has 18 heavy (non-hydrogen) atoms. The quantitative estimate of drug-likeness (QED) is 0.627. The monoisotopic (exact) mass is 252 g/mol. The lowest BCUT2D eigenvalue weighted by atomic mass is 9.98. The minimum atomic E-state index is -0.804. The Labute approximate surface area is 105 Å². The van der Waals surface area contributed by atoms with Gasteiger partial charge in [0.1, 0.15) is 0 Å². The topological polar surface area (TPSA) is 92.5 Å². The van der Waals surface area contributed by atoms with Gasteiger partial charge in [0, 0.05) is 17.7 Å². The number of hydrogen-bond donors (Lipinski definition) is 2. The Hall–Kier alpha value is -1.95. The van der Waals surface area contributed by atoms with Gasteiger partial charge in [-0.05, 0) is 26.8 Å². The Kier molecular flexibility index (Phi) is 4.03. The van der Waals surface area contributed by atoms with Crippen molar-refractivity contribution in [2.45, 2.75) is 32.4 Å². The van der Waals surface area contributed by atoms with Gasteiger partial charge in [-0.3, -0.25) is 14.9 Å². The van der Waals surface area contributed by atoms with Crippen molar-refractivity contribution in [1.82, 2.24) is 5.32 Å². The van der Waals surface area contributed by atoms with Gasteiger partial charge in [-0.1, -0.05) is 6.07 Å². The standard InChI is InChI=1S/C12H16N2O4/c1-8(15)12(2,3)13-11(16)9-5-4-6-10(7-9)14(17)18/h4-8,15H,1-3H3,(H,13,16). The number of carbonyl (C=O) groups excluding carboxylic acids is 1. The second kappa shape index (κ2) is 5.14. The van der Waals surface area contributed by atoms with Crippen LogP contribution in [-0.4, -0.2) is 27.6 Å². The van der Waals surface area contributed by atoms with Crippen LogP contribution < -0.4 is 5.32 Å². The van der Waals surface area contributed by atoms with Crippen LogP contribution in [0.15, 0.2) is 24.3 Å². The van der Waals surface area contributed by atoms with Crippen LogP contribution in [0.5, 0.6) is 0 Å². The first-order chi connectivity index (χ1) is 8.24. The first-order valence-electron chi connectivity index (χ1n) is 5.49. The summed E-state index contributed by atoms with van der Waals surface area (Å²) in [5.74, 6) is -0.454. The summed E-state index contributed by atoms with van der Waals surface area (Å²) in [5, 5.41) is 22.7. The van der Waals surface area contributed by atoms with E-state index < -0.39 is 22.5 Å². The third-order valence-electron chi connectivity index (χ3n) is 2.80. The molecule has 1 atom stereocenters. The number of nitrogens with zero attached hydrogens (tertiary/aromatic N) is 1. The van der Waals surface area contributed by atoms with E-state index in [1.165, 1.54) is 24.3 Å². The van der Waals surface area contributed by atoms with Gasteiger partial charge in [-0.15, -0.1) is 0 Å². The number of benzene rings is 1. The van der Waals surface area contributed by atoms with Crippen molar-refractivity contribution in [3.05, 3.63) is 39.9 Å². The number of nitrogens with one attached hydrogen (secondary N) is 1. The fourth-order valence-corrected chi connectivity index (χ4v) is 1.23. The lowest BCUT2D eigenvalue weighted by molar-refractivity contribution is -0.384. The highest BCUT2D eigenvalue weighted by molar-refractivity contribution is 5.95. The van der Waals surface area contributed by atoms with Gasteiger partial charge in [0.05, 0.1) is 16.6 Å². The van der Waals surface area contributed by atoms with Crippen molar-refractivity contribution in [2.75, 3.05) is 0 Å². The number of nitro benzene ring substituents is 1. The summed E-state index contributed by atoms with van der Waals surface area (Å²) in [6.45, 7) is 4.91. The largest absolute Gasteiger partial charge is 0.391 e. The smallest absolute Gasteiger partial charge is 0.270 e. The van der Waals surface area contributed by atoms with E-state index in [1.54, 1.807) is 20.8 Å². The molecular formula is C12H16N2O4. The first kappa shape index (κ1) is 14.1. The molecule has 1 aromatic carbocycles. The molecule has 1 amide bonds. The van der Waals surface area contributed by atoms with Crippen molar-refractivity contribution >= 4 is 11.6 Å². The normalized spacial score (nSPS) is 12.9. The van der Waals surface area contributed by atoms with Crippen LogP contribution in [0.2, 0.25) is 0 Å². The molecule has 0 aliphatic rings. The van der Waals surface area contributed by atoms with Crippen molar-refractivity contribution in [3.63, 3.8) is 0 Å². The van der Waals surface area contributed by atoms with E-state index in [2.05, 4.69) is 5.32 Å². The summed E-state index contributed by atoms with van der Waals surface area (Å²) in [6, 6.07) is 5.45. The second-order valence-corrected chi connectivity index (χ2v) is 4.66. The van der Waals surface area contributed by atoms with Crippen LogP contribution in [0.3, 0.4) is 0 Å². The van der Waals surface area contributed by atoms with E-state index in [-0.39, 0.29) is 11.3 Å². The summed E-state index contributed by atoms with van der Waals surface area (Å²) in [5.41, 5.74) is -0.753. The highest BCUT2D eigenvalue weighted by Crippen LogP contribution is 2.15. The maximum atomic E-state index is 11.9. The van der Waals surface area contributed by atoms with E-state index in [0.717, 1.165) is 0 Å². The maximum absolute atomic E-state index is 11.9. The molecule has 0 fully saturated rings. The van der Waals surface area contributed by atoms with E-state index in [0.29, 0.717) is 0 Å². The number of non-ortho nitro benzene ring substituents is 1. The van der Waals surface area contributed by atoms with Crippen LogP contribution in [0.1, 0.15) is 31.1 Å². The van der Waals surface area contributed by atoms with Crippen LogP contribution in [0.25, 0.3) is 0 Å². The molecule has 6 nitrogen and oxygen atoms in total. The van der Waals surface area contributed by atoms with Crippen molar-refractivity contribution in [3.8, 4) is 0 Å². The molecule has 0 heterocycles. The molecule has 0 aromatic heterocycles. The third kappa shape index (κ3) is 3.27. The Morgan fingerprint density at radius 2 is 2.11 bits per heavy atom. The molecule has 0 bridgehead atoms. The van der Waals surface area contributed by atoms with Gasteiger partial charge < -0.3 is 10.4 Å². The molecule has 1 unspecified atom stereocenters. The minimum absolute atomic E-state index is 0.141. The van der Waals surface area contributed by atoms with Crippen molar-refractivity contribution in [1.29, 1.82) is 0 Å². The predicted octanol–water partition coefficient (Wildman–Crippen LogP) is 1.48. The van der Waals surface area contributed by atoms with Crippen LogP contribution in [0.4, 0.5) is 5.69 Å². The molecule has 0 saturated carbocycles. The molecule has 0 aliphatic carbocycles. The Balaban J connectivity index is 2.92. The minimum Gasteiger partial charge on any atom is -0.391 e. The Morgan fingerprint density at radius 1 is 1.50 bits per heavy atom. The maximum Gasteiger partial charge on any atom is 0.270 e.